The number of aromatic nitrogens is 2. The highest BCUT2D eigenvalue weighted by molar-refractivity contribution is 5.39. The van der Waals surface area contributed by atoms with E-state index in [9.17, 15) is 0 Å². The van der Waals surface area contributed by atoms with Crippen molar-refractivity contribution in [3.8, 4) is 0 Å². The number of aryl methyl sites for hydroxylation is 2. The second kappa shape index (κ2) is 3.92. The van der Waals surface area contributed by atoms with Crippen molar-refractivity contribution in [2.24, 2.45) is 5.92 Å². The predicted octanol–water partition coefficient (Wildman–Crippen LogP) is 0.725. The Morgan fingerprint density at radius 1 is 1.50 bits per heavy atom. The summed E-state index contributed by atoms with van der Waals surface area (Å²) < 4.78 is 0. The summed E-state index contributed by atoms with van der Waals surface area (Å²) >= 11 is 0. The molecule has 4 heteroatoms. The molecule has 0 bridgehead atoms. The number of nitrogens with zero attached hydrogens (tertiary/aromatic N) is 2. The van der Waals surface area contributed by atoms with Crippen LogP contribution < -0.4 is 10.6 Å². The van der Waals surface area contributed by atoms with E-state index in [-0.39, 0.29) is 0 Å². The molecule has 2 rings (SSSR count). The summed E-state index contributed by atoms with van der Waals surface area (Å²) in [4.78, 5) is 8.67. The van der Waals surface area contributed by atoms with Gasteiger partial charge in [-0.25, -0.2) is 4.98 Å². The molecule has 1 aromatic rings. The third-order valence-corrected chi connectivity index (χ3v) is 2.50. The minimum absolute atomic E-state index is 0.747. The predicted molar refractivity (Wildman–Crippen MR) is 56.4 cm³/mol. The van der Waals surface area contributed by atoms with E-state index in [2.05, 4.69) is 20.6 Å². The number of rotatable bonds is 3. The summed E-state index contributed by atoms with van der Waals surface area (Å²) in [7, 11) is 0. The van der Waals surface area contributed by atoms with Gasteiger partial charge in [-0.1, -0.05) is 0 Å². The molecule has 0 atom stereocenters. The smallest absolute Gasteiger partial charge is 0.147 e. The highest BCUT2D eigenvalue weighted by Crippen LogP contribution is 2.10. The van der Waals surface area contributed by atoms with Gasteiger partial charge in [-0.3, -0.25) is 4.98 Å². The van der Waals surface area contributed by atoms with Gasteiger partial charge in [0.2, 0.25) is 0 Å². The van der Waals surface area contributed by atoms with Gasteiger partial charge in [0.25, 0.3) is 0 Å². The van der Waals surface area contributed by atoms with E-state index in [1.165, 1.54) is 0 Å². The molecule has 76 valence electrons. The molecule has 14 heavy (non-hydrogen) atoms. The van der Waals surface area contributed by atoms with Gasteiger partial charge in [0.15, 0.2) is 0 Å². The van der Waals surface area contributed by atoms with Gasteiger partial charge in [-0.05, 0) is 13.8 Å². The lowest BCUT2D eigenvalue weighted by Gasteiger charge is -2.27. The zero-order valence-corrected chi connectivity index (χ0v) is 8.67. The van der Waals surface area contributed by atoms with Gasteiger partial charge < -0.3 is 10.6 Å². The Labute approximate surface area is 84.2 Å². The molecule has 0 saturated carbocycles. The van der Waals surface area contributed by atoms with Crippen molar-refractivity contribution < 1.29 is 0 Å². The first kappa shape index (κ1) is 9.40. The molecule has 2 heterocycles. The molecule has 0 amide bonds. The first-order chi connectivity index (χ1) is 6.75. The van der Waals surface area contributed by atoms with Crippen LogP contribution in [0.5, 0.6) is 0 Å². The Morgan fingerprint density at radius 2 is 2.29 bits per heavy atom. The van der Waals surface area contributed by atoms with Crippen LogP contribution in [0.2, 0.25) is 0 Å². The summed E-state index contributed by atoms with van der Waals surface area (Å²) in [6.07, 6.45) is 1.80. The van der Waals surface area contributed by atoms with Gasteiger partial charge in [-0.15, -0.1) is 0 Å². The Kier molecular flexibility index (Phi) is 2.63. The molecule has 1 aliphatic rings. The van der Waals surface area contributed by atoms with Crippen molar-refractivity contribution >= 4 is 5.82 Å². The van der Waals surface area contributed by atoms with E-state index in [1.807, 2.05) is 13.8 Å². The van der Waals surface area contributed by atoms with E-state index in [0.717, 1.165) is 42.8 Å². The van der Waals surface area contributed by atoms with Gasteiger partial charge in [0, 0.05) is 31.7 Å². The quantitative estimate of drug-likeness (QED) is 0.741. The average Bonchev–Trinajstić information content (AvgIpc) is 2.08. The van der Waals surface area contributed by atoms with Gasteiger partial charge >= 0.3 is 0 Å². The highest BCUT2D eigenvalue weighted by Gasteiger charge is 2.16. The summed E-state index contributed by atoms with van der Waals surface area (Å²) in [6, 6.07) is 0. The lowest BCUT2D eigenvalue weighted by molar-refractivity contribution is 0.365. The van der Waals surface area contributed by atoms with E-state index in [4.69, 9.17) is 0 Å². The summed E-state index contributed by atoms with van der Waals surface area (Å²) in [5, 5.41) is 6.59. The number of nitrogens with one attached hydrogen (secondary N) is 2. The van der Waals surface area contributed by atoms with Crippen LogP contribution in [0.3, 0.4) is 0 Å². The van der Waals surface area contributed by atoms with Gasteiger partial charge in [0.1, 0.15) is 5.82 Å². The molecule has 2 N–H and O–H groups in total. The second-order valence-electron chi connectivity index (χ2n) is 3.85. The second-order valence-corrected chi connectivity index (χ2v) is 3.85. The van der Waals surface area contributed by atoms with E-state index >= 15 is 0 Å². The maximum Gasteiger partial charge on any atom is 0.147 e. The maximum atomic E-state index is 4.41. The zero-order chi connectivity index (χ0) is 9.97. The van der Waals surface area contributed by atoms with Gasteiger partial charge in [-0.2, -0.15) is 0 Å². The summed E-state index contributed by atoms with van der Waals surface area (Å²) in [5.41, 5.74) is 1.94. The number of hydrogen-bond acceptors (Lipinski definition) is 4. The fourth-order valence-electron chi connectivity index (χ4n) is 1.44. The average molecular weight is 192 g/mol. The van der Waals surface area contributed by atoms with Crippen molar-refractivity contribution in [2.75, 3.05) is 25.0 Å². The third kappa shape index (κ3) is 2.01. The van der Waals surface area contributed by atoms with Crippen LogP contribution in [-0.4, -0.2) is 29.6 Å². The molecular formula is C10H16N4. The van der Waals surface area contributed by atoms with E-state index in [0.29, 0.717) is 0 Å². The van der Waals surface area contributed by atoms with E-state index < -0.39 is 0 Å². The molecule has 0 radical (unpaired) electrons. The van der Waals surface area contributed by atoms with Crippen molar-refractivity contribution in [2.45, 2.75) is 13.8 Å². The Balaban J connectivity index is 1.96. The fraction of sp³-hybridized carbons (Fsp3) is 0.600. The van der Waals surface area contributed by atoms with Crippen LogP contribution in [0.1, 0.15) is 11.4 Å². The summed E-state index contributed by atoms with van der Waals surface area (Å²) in [5.74, 6) is 1.67. The van der Waals surface area contributed by atoms with Crippen molar-refractivity contribution in [1.82, 2.24) is 15.3 Å². The SMILES string of the molecule is Cc1cnc(C)c(NCC2CNC2)n1. The fourth-order valence-corrected chi connectivity index (χ4v) is 1.44. The number of anilines is 1. The molecule has 0 spiro atoms. The first-order valence-electron chi connectivity index (χ1n) is 5.00. The lowest BCUT2D eigenvalue weighted by Crippen LogP contribution is -2.45. The van der Waals surface area contributed by atoms with Crippen LogP contribution >= 0.6 is 0 Å². The Bertz CT molecular complexity index is 320. The minimum Gasteiger partial charge on any atom is -0.368 e. The van der Waals surface area contributed by atoms with E-state index in [1.54, 1.807) is 6.20 Å². The van der Waals surface area contributed by atoms with Crippen LogP contribution in [0.4, 0.5) is 5.82 Å². The molecule has 1 fully saturated rings. The highest BCUT2D eigenvalue weighted by atomic mass is 15.0. The molecule has 1 aliphatic heterocycles. The zero-order valence-electron chi connectivity index (χ0n) is 8.67. The molecule has 4 nitrogen and oxygen atoms in total. The molecule has 0 aliphatic carbocycles. The van der Waals surface area contributed by atoms with Crippen LogP contribution in [0.25, 0.3) is 0 Å². The maximum absolute atomic E-state index is 4.41. The summed E-state index contributed by atoms with van der Waals surface area (Å²) in [6.45, 7) is 7.17. The first-order valence-corrected chi connectivity index (χ1v) is 5.00. The largest absolute Gasteiger partial charge is 0.368 e. The number of hydrogen-bond donors (Lipinski definition) is 2. The van der Waals surface area contributed by atoms with Crippen LogP contribution in [0, 0.1) is 19.8 Å². The third-order valence-electron chi connectivity index (χ3n) is 2.50. The topological polar surface area (TPSA) is 49.8 Å². The molecular weight excluding hydrogens is 176 g/mol. The Morgan fingerprint density at radius 3 is 2.93 bits per heavy atom. The molecule has 0 aromatic carbocycles. The van der Waals surface area contributed by atoms with Crippen molar-refractivity contribution in [3.05, 3.63) is 17.6 Å². The minimum atomic E-state index is 0.747. The Hall–Kier alpha value is -1.16. The van der Waals surface area contributed by atoms with Crippen molar-refractivity contribution in [1.29, 1.82) is 0 Å². The molecule has 1 saturated heterocycles. The normalized spacial score (nSPS) is 16.4. The molecule has 1 aromatic heterocycles. The van der Waals surface area contributed by atoms with Crippen molar-refractivity contribution in [3.63, 3.8) is 0 Å². The monoisotopic (exact) mass is 192 g/mol. The van der Waals surface area contributed by atoms with Crippen LogP contribution in [0.15, 0.2) is 6.20 Å². The molecule has 0 unspecified atom stereocenters. The van der Waals surface area contributed by atoms with Gasteiger partial charge in [0.05, 0.1) is 11.4 Å². The lowest BCUT2D eigenvalue weighted by atomic mass is 10.0. The van der Waals surface area contributed by atoms with Crippen LogP contribution in [-0.2, 0) is 0 Å². The standard InChI is InChI=1S/C10H16N4/c1-7-3-12-8(2)10(14-7)13-6-9-4-11-5-9/h3,9,11H,4-6H2,1-2H3,(H,13,14).